The Kier molecular flexibility index (Phi) is 3.68. The molecule has 0 spiro atoms. The standard InChI is InChI=1S/C14H13N5O2S/c1-8(2)19-13-12(6-15-19)11(14(20)21)5-9(16-13)3-4-10-7-22-18-17-10/h3-8H,1-2H3,(H,20,21)/b4-3+. The van der Waals surface area contributed by atoms with Gasteiger partial charge in [-0.25, -0.2) is 14.5 Å². The van der Waals surface area contributed by atoms with Crippen molar-refractivity contribution < 1.29 is 9.90 Å². The molecular formula is C14H13N5O2S. The van der Waals surface area contributed by atoms with E-state index in [0.29, 0.717) is 22.4 Å². The molecule has 0 bridgehead atoms. The maximum Gasteiger partial charge on any atom is 0.336 e. The molecule has 7 nitrogen and oxygen atoms in total. The normalized spacial score (nSPS) is 11.8. The third kappa shape index (κ3) is 2.60. The zero-order valence-electron chi connectivity index (χ0n) is 12.0. The molecule has 0 unspecified atom stereocenters. The van der Waals surface area contributed by atoms with Gasteiger partial charge in [0.05, 0.1) is 28.5 Å². The molecule has 0 saturated heterocycles. The van der Waals surface area contributed by atoms with Crippen LogP contribution in [0.2, 0.25) is 0 Å². The Morgan fingerprint density at radius 1 is 1.36 bits per heavy atom. The second kappa shape index (κ2) is 5.64. The van der Waals surface area contributed by atoms with Crippen molar-refractivity contribution in [1.82, 2.24) is 24.4 Å². The highest BCUT2D eigenvalue weighted by molar-refractivity contribution is 7.03. The first-order valence-corrected chi connectivity index (χ1v) is 7.46. The highest BCUT2D eigenvalue weighted by Crippen LogP contribution is 2.22. The number of carbonyl (C=O) groups is 1. The number of carboxylic acids is 1. The van der Waals surface area contributed by atoms with Crippen molar-refractivity contribution in [2.24, 2.45) is 0 Å². The van der Waals surface area contributed by atoms with E-state index < -0.39 is 5.97 Å². The average molecular weight is 315 g/mol. The van der Waals surface area contributed by atoms with Gasteiger partial charge < -0.3 is 5.11 Å². The van der Waals surface area contributed by atoms with E-state index in [0.717, 1.165) is 0 Å². The molecule has 112 valence electrons. The van der Waals surface area contributed by atoms with Crippen LogP contribution in [0.5, 0.6) is 0 Å². The molecule has 8 heteroatoms. The van der Waals surface area contributed by atoms with Gasteiger partial charge in [-0.3, -0.25) is 0 Å². The Bertz CT molecular complexity index is 852. The van der Waals surface area contributed by atoms with Crippen LogP contribution in [0, 0.1) is 0 Å². The van der Waals surface area contributed by atoms with Crippen LogP contribution in [0.1, 0.15) is 41.6 Å². The monoisotopic (exact) mass is 315 g/mol. The molecule has 0 aliphatic carbocycles. The van der Waals surface area contributed by atoms with Gasteiger partial charge in [0.25, 0.3) is 0 Å². The fraction of sp³-hybridized carbons (Fsp3) is 0.214. The van der Waals surface area contributed by atoms with Gasteiger partial charge in [-0.2, -0.15) is 5.10 Å². The SMILES string of the molecule is CC(C)n1ncc2c(C(=O)O)cc(/C=C/c3csnn3)nc21. The molecule has 22 heavy (non-hydrogen) atoms. The molecule has 3 aromatic heterocycles. The first-order valence-electron chi connectivity index (χ1n) is 6.63. The molecule has 0 aliphatic rings. The maximum absolute atomic E-state index is 11.5. The number of fused-ring (bicyclic) bond motifs is 1. The van der Waals surface area contributed by atoms with E-state index in [2.05, 4.69) is 19.7 Å². The molecule has 0 radical (unpaired) electrons. The summed E-state index contributed by atoms with van der Waals surface area (Å²) in [6.45, 7) is 3.94. The predicted molar refractivity (Wildman–Crippen MR) is 83.7 cm³/mol. The van der Waals surface area contributed by atoms with Crippen LogP contribution < -0.4 is 0 Å². The summed E-state index contributed by atoms with van der Waals surface area (Å²) in [5, 5.41) is 19.9. The van der Waals surface area contributed by atoms with Crippen LogP contribution in [-0.4, -0.2) is 35.4 Å². The zero-order chi connectivity index (χ0) is 15.7. The van der Waals surface area contributed by atoms with Crippen LogP contribution in [0.3, 0.4) is 0 Å². The second-order valence-electron chi connectivity index (χ2n) is 4.98. The number of rotatable bonds is 4. The van der Waals surface area contributed by atoms with E-state index in [9.17, 15) is 9.90 Å². The fourth-order valence-corrected chi connectivity index (χ4v) is 2.52. The first kappa shape index (κ1) is 14.3. The number of aromatic carboxylic acids is 1. The third-order valence-electron chi connectivity index (χ3n) is 3.11. The van der Waals surface area contributed by atoms with Crippen molar-refractivity contribution in [3.05, 3.63) is 34.6 Å². The molecule has 1 N–H and O–H groups in total. The average Bonchev–Trinajstić information content (AvgIpc) is 3.13. The molecule has 0 atom stereocenters. The van der Waals surface area contributed by atoms with Crippen molar-refractivity contribution in [2.75, 3.05) is 0 Å². The summed E-state index contributed by atoms with van der Waals surface area (Å²) in [4.78, 5) is 16.0. The fourth-order valence-electron chi connectivity index (χ4n) is 2.09. The minimum atomic E-state index is -0.999. The second-order valence-corrected chi connectivity index (χ2v) is 5.59. The Morgan fingerprint density at radius 2 is 2.14 bits per heavy atom. The molecule has 0 aromatic carbocycles. The van der Waals surface area contributed by atoms with E-state index in [1.54, 1.807) is 28.4 Å². The minimum Gasteiger partial charge on any atom is -0.478 e. The number of nitrogens with zero attached hydrogens (tertiary/aromatic N) is 5. The van der Waals surface area contributed by atoms with E-state index in [1.807, 2.05) is 13.8 Å². The van der Waals surface area contributed by atoms with Crippen molar-refractivity contribution in [2.45, 2.75) is 19.9 Å². The lowest BCUT2D eigenvalue weighted by Crippen LogP contribution is -2.05. The number of hydrogen-bond acceptors (Lipinski definition) is 6. The van der Waals surface area contributed by atoms with Crippen LogP contribution >= 0.6 is 11.5 Å². The number of aromatic nitrogens is 5. The van der Waals surface area contributed by atoms with E-state index in [4.69, 9.17) is 0 Å². The summed E-state index contributed by atoms with van der Waals surface area (Å²) >= 11 is 1.25. The van der Waals surface area contributed by atoms with Crippen molar-refractivity contribution in [3.63, 3.8) is 0 Å². The summed E-state index contributed by atoms with van der Waals surface area (Å²) in [5.74, 6) is -0.999. The van der Waals surface area contributed by atoms with E-state index >= 15 is 0 Å². The van der Waals surface area contributed by atoms with Crippen molar-refractivity contribution >= 4 is 40.7 Å². The van der Waals surface area contributed by atoms with Gasteiger partial charge in [-0.05, 0) is 43.6 Å². The number of carboxylic acid groups (broad SMARTS) is 1. The summed E-state index contributed by atoms with van der Waals surface area (Å²) < 4.78 is 5.48. The predicted octanol–water partition coefficient (Wildman–Crippen LogP) is 2.73. The van der Waals surface area contributed by atoms with Crippen LogP contribution in [-0.2, 0) is 0 Å². The van der Waals surface area contributed by atoms with Crippen molar-refractivity contribution in [1.29, 1.82) is 0 Å². The summed E-state index contributed by atoms with van der Waals surface area (Å²) in [7, 11) is 0. The Morgan fingerprint density at radius 3 is 2.77 bits per heavy atom. The molecule has 3 aromatic rings. The smallest absolute Gasteiger partial charge is 0.336 e. The van der Waals surface area contributed by atoms with Crippen LogP contribution in [0.4, 0.5) is 0 Å². The van der Waals surface area contributed by atoms with Gasteiger partial charge in [-0.15, -0.1) is 5.10 Å². The molecule has 3 heterocycles. The topological polar surface area (TPSA) is 93.8 Å². The zero-order valence-corrected chi connectivity index (χ0v) is 12.8. The Labute approximate surface area is 130 Å². The van der Waals surface area contributed by atoms with Gasteiger partial charge in [0, 0.05) is 11.4 Å². The van der Waals surface area contributed by atoms with Gasteiger partial charge in [-0.1, -0.05) is 4.49 Å². The van der Waals surface area contributed by atoms with Crippen LogP contribution in [0.25, 0.3) is 23.2 Å². The highest BCUT2D eigenvalue weighted by Gasteiger charge is 2.16. The van der Waals surface area contributed by atoms with E-state index in [1.165, 1.54) is 17.6 Å². The molecular weight excluding hydrogens is 302 g/mol. The highest BCUT2D eigenvalue weighted by atomic mass is 32.1. The minimum absolute atomic E-state index is 0.0913. The lowest BCUT2D eigenvalue weighted by atomic mass is 10.1. The lowest BCUT2D eigenvalue weighted by Gasteiger charge is -2.07. The lowest BCUT2D eigenvalue weighted by molar-refractivity contribution is 0.0699. The molecule has 0 aliphatic heterocycles. The van der Waals surface area contributed by atoms with Crippen molar-refractivity contribution in [3.8, 4) is 0 Å². The van der Waals surface area contributed by atoms with Gasteiger partial charge in [0.1, 0.15) is 0 Å². The largest absolute Gasteiger partial charge is 0.478 e. The van der Waals surface area contributed by atoms with Gasteiger partial charge in [0.2, 0.25) is 0 Å². The summed E-state index contributed by atoms with van der Waals surface area (Å²) in [5.41, 5.74) is 2.00. The van der Waals surface area contributed by atoms with E-state index in [-0.39, 0.29) is 11.6 Å². The van der Waals surface area contributed by atoms with Gasteiger partial charge >= 0.3 is 5.97 Å². The summed E-state index contributed by atoms with van der Waals surface area (Å²) in [6.07, 6.45) is 5.02. The first-order chi connectivity index (χ1) is 10.6. The summed E-state index contributed by atoms with van der Waals surface area (Å²) in [6, 6.07) is 1.63. The maximum atomic E-state index is 11.5. The number of pyridine rings is 1. The molecule has 0 saturated carbocycles. The molecule has 3 rings (SSSR count). The quantitative estimate of drug-likeness (QED) is 0.795. The molecule has 0 amide bonds. The molecule has 0 fully saturated rings. The third-order valence-corrected chi connectivity index (χ3v) is 3.63. The van der Waals surface area contributed by atoms with Gasteiger partial charge in [0.15, 0.2) is 5.65 Å². The van der Waals surface area contributed by atoms with Crippen LogP contribution in [0.15, 0.2) is 17.6 Å². The number of hydrogen-bond donors (Lipinski definition) is 1. The Hall–Kier alpha value is -2.61. The Balaban J connectivity index is 2.14.